The van der Waals surface area contributed by atoms with Crippen molar-refractivity contribution in [2.45, 2.75) is 19.3 Å². The summed E-state index contributed by atoms with van der Waals surface area (Å²) in [4.78, 5) is 33.4. The van der Waals surface area contributed by atoms with Crippen LogP contribution >= 0.6 is 0 Å². The lowest BCUT2D eigenvalue weighted by Crippen LogP contribution is -2.38. The van der Waals surface area contributed by atoms with Crippen LogP contribution in [0.2, 0.25) is 0 Å². The van der Waals surface area contributed by atoms with Gasteiger partial charge in [-0.05, 0) is 30.5 Å². The van der Waals surface area contributed by atoms with Gasteiger partial charge in [0, 0.05) is 25.8 Å². The Morgan fingerprint density at radius 3 is 2.64 bits per heavy atom. The average molecular weight is 335 g/mol. The van der Waals surface area contributed by atoms with E-state index in [4.69, 9.17) is 0 Å². The Morgan fingerprint density at radius 2 is 1.88 bits per heavy atom. The molecule has 0 aliphatic carbocycles. The second-order valence-corrected chi connectivity index (χ2v) is 6.93. The van der Waals surface area contributed by atoms with Crippen LogP contribution in [0.15, 0.2) is 54.9 Å². The zero-order valence-corrected chi connectivity index (χ0v) is 14.1. The van der Waals surface area contributed by atoms with E-state index in [9.17, 15) is 9.59 Å². The number of carbonyl (C=O) groups excluding carboxylic acids is 2. The minimum Gasteiger partial charge on any atom is -0.341 e. The fourth-order valence-corrected chi connectivity index (χ4v) is 3.93. The van der Waals surface area contributed by atoms with Crippen molar-refractivity contribution >= 4 is 17.5 Å². The first kappa shape index (κ1) is 15.8. The number of benzene rings is 1. The molecule has 2 aromatic rings. The number of amides is 2. The highest BCUT2D eigenvalue weighted by Gasteiger charge is 2.51. The summed E-state index contributed by atoms with van der Waals surface area (Å²) in [6.45, 7) is 1.90. The number of carbonyl (C=O) groups is 2. The lowest BCUT2D eigenvalue weighted by Gasteiger charge is -2.23. The second-order valence-electron chi connectivity index (χ2n) is 6.93. The number of nitrogens with zero attached hydrogens (tertiary/aromatic N) is 3. The van der Waals surface area contributed by atoms with Gasteiger partial charge in [0.1, 0.15) is 0 Å². The molecule has 0 saturated carbocycles. The van der Waals surface area contributed by atoms with Gasteiger partial charge in [-0.2, -0.15) is 0 Å². The van der Waals surface area contributed by atoms with Crippen LogP contribution in [0.1, 0.15) is 18.4 Å². The molecular formula is C20H21N3O2. The number of rotatable bonds is 3. The van der Waals surface area contributed by atoms with E-state index in [-0.39, 0.29) is 11.8 Å². The van der Waals surface area contributed by atoms with E-state index in [1.54, 1.807) is 12.4 Å². The maximum atomic E-state index is 13.0. The highest BCUT2D eigenvalue weighted by molar-refractivity contribution is 6.00. The molecule has 2 saturated heterocycles. The van der Waals surface area contributed by atoms with Gasteiger partial charge in [-0.1, -0.05) is 30.3 Å². The molecule has 0 radical (unpaired) electrons. The molecule has 1 aromatic heterocycles. The number of hydrogen-bond acceptors (Lipinski definition) is 3. The van der Waals surface area contributed by atoms with E-state index >= 15 is 0 Å². The first-order valence-electron chi connectivity index (χ1n) is 8.72. The third kappa shape index (κ3) is 2.90. The van der Waals surface area contributed by atoms with E-state index in [1.807, 2.05) is 52.3 Å². The molecule has 0 unspecified atom stereocenters. The summed E-state index contributed by atoms with van der Waals surface area (Å²) < 4.78 is 0. The van der Waals surface area contributed by atoms with Crippen LogP contribution in [0.5, 0.6) is 0 Å². The van der Waals surface area contributed by atoms with Crippen molar-refractivity contribution in [3.05, 3.63) is 60.4 Å². The molecule has 3 heterocycles. The maximum absolute atomic E-state index is 13.0. The Kier molecular flexibility index (Phi) is 3.99. The molecule has 2 aliphatic rings. The quantitative estimate of drug-likeness (QED) is 0.865. The molecule has 5 heteroatoms. The number of aromatic nitrogens is 1. The van der Waals surface area contributed by atoms with Gasteiger partial charge >= 0.3 is 0 Å². The van der Waals surface area contributed by atoms with Crippen molar-refractivity contribution in [1.29, 1.82) is 0 Å². The SMILES string of the molecule is O=C(Cc1ccccc1)N1CC[C@@]2(CCN(c3cccnc3)C2=O)C1. The second kappa shape index (κ2) is 6.31. The molecule has 2 amide bonds. The molecule has 1 aromatic carbocycles. The molecule has 0 bridgehead atoms. The molecule has 1 atom stereocenters. The van der Waals surface area contributed by atoms with E-state index in [2.05, 4.69) is 4.98 Å². The zero-order valence-electron chi connectivity index (χ0n) is 14.1. The van der Waals surface area contributed by atoms with Gasteiger partial charge in [0.05, 0.1) is 23.7 Å². The summed E-state index contributed by atoms with van der Waals surface area (Å²) in [5.74, 6) is 0.242. The van der Waals surface area contributed by atoms with Gasteiger partial charge in [0.2, 0.25) is 11.8 Å². The molecule has 1 spiro atoms. The van der Waals surface area contributed by atoms with Crippen molar-refractivity contribution < 1.29 is 9.59 Å². The maximum Gasteiger partial charge on any atom is 0.235 e. The van der Waals surface area contributed by atoms with Crippen molar-refractivity contribution in [2.24, 2.45) is 5.41 Å². The van der Waals surface area contributed by atoms with Crippen molar-refractivity contribution in [3.8, 4) is 0 Å². The fourth-order valence-electron chi connectivity index (χ4n) is 3.93. The fraction of sp³-hybridized carbons (Fsp3) is 0.350. The van der Waals surface area contributed by atoms with Gasteiger partial charge in [0.15, 0.2) is 0 Å². The third-order valence-corrected chi connectivity index (χ3v) is 5.38. The molecule has 0 N–H and O–H groups in total. The summed E-state index contributed by atoms with van der Waals surface area (Å²) in [5, 5.41) is 0. The number of pyridine rings is 1. The largest absolute Gasteiger partial charge is 0.341 e. The number of likely N-dealkylation sites (tertiary alicyclic amines) is 1. The highest BCUT2D eigenvalue weighted by atomic mass is 16.2. The molecule has 2 fully saturated rings. The first-order valence-corrected chi connectivity index (χ1v) is 8.72. The van der Waals surface area contributed by atoms with Crippen molar-refractivity contribution in [1.82, 2.24) is 9.88 Å². The smallest absolute Gasteiger partial charge is 0.235 e. The van der Waals surface area contributed by atoms with E-state index in [0.717, 1.165) is 24.1 Å². The van der Waals surface area contributed by atoms with Gasteiger partial charge in [-0.15, -0.1) is 0 Å². The molecule has 128 valence electrons. The zero-order chi connectivity index (χ0) is 17.3. The van der Waals surface area contributed by atoms with Crippen molar-refractivity contribution in [3.63, 3.8) is 0 Å². The summed E-state index contributed by atoms with van der Waals surface area (Å²) >= 11 is 0. The first-order chi connectivity index (χ1) is 12.2. The van der Waals surface area contributed by atoms with Crippen LogP contribution in [-0.2, 0) is 16.0 Å². The van der Waals surface area contributed by atoms with Crippen molar-refractivity contribution in [2.75, 3.05) is 24.5 Å². The topological polar surface area (TPSA) is 53.5 Å². The monoisotopic (exact) mass is 335 g/mol. The minimum absolute atomic E-state index is 0.107. The van der Waals surface area contributed by atoms with Crippen LogP contribution in [-0.4, -0.2) is 41.3 Å². The van der Waals surface area contributed by atoms with Crippen LogP contribution in [0.4, 0.5) is 5.69 Å². The Labute approximate surface area is 147 Å². The standard InChI is InChI=1S/C20H21N3O2/c24-18(13-16-5-2-1-3-6-16)22-11-8-20(15-22)9-12-23(19(20)25)17-7-4-10-21-14-17/h1-7,10,14H,8-9,11-13,15H2/t20-/m1/s1. The highest BCUT2D eigenvalue weighted by Crippen LogP contribution is 2.42. The average Bonchev–Trinajstić information content (AvgIpc) is 3.22. The third-order valence-electron chi connectivity index (χ3n) is 5.38. The molecular weight excluding hydrogens is 314 g/mol. The molecule has 4 rings (SSSR count). The van der Waals surface area contributed by atoms with Gasteiger partial charge in [-0.3, -0.25) is 14.6 Å². The normalized spacial score (nSPS) is 22.8. The van der Waals surface area contributed by atoms with E-state index in [0.29, 0.717) is 26.1 Å². The number of hydrogen-bond donors (Lipinski definition) is 0. The number of anilines is 1. The summed E-state index contributed by atoms with van der Waals surface area (Å²) in [6, 6.07) is 13.5. The van der Waals surface area contributed by atoms with Crippen LogP contribution in [0.25, 0.3) is 0 Å². The van der Waals surface area contributed by atoms with Crippen LogP contribution in [0.3, 0.4) is 0 Å². The minimum atomic E-state index is -0.414. The Balaban J connectivity index is 1.45. The van der Waals surface area contributed by atoms with Gasteiger partial charge in [0.25, 0.3) is 0 Å². The van der Waals surface area contributed by atoms with E-state index < -0.39 is 5.41 Å². The Hall–Kier alpha value is -2.69. The molecule has 5 nitrogen and oxygen atoms in total. The molecule has 25 heavy (non-hydrogen) atoms. The Bertz CT molecular complexity index is 778. The predicted octanol–water partition coefficient (Wildman–Crippen LogP) is 2.28. The summed E-state index contributed by atoms with van der Waals surface area (Å²) in [6.07, 6.45) is 5.39. The van der Waals surface area contributed by atoms with Crippen LogP contribution in [0, 0.1) is 5.41 Å². The Morgan fingerprint density at radius 1 is 1.08 bits per heavy atom. The van der Waals surface area contributed by atoms with E-state index in [1.165, 1.54) is 0 Å². The van der Waals surface area contributed by atoms with Crippen LogP contribution < -0.4 is 4.90 Å². The van der Waals surface area contributed by atoms with Gasteiger partial charge < -0.3 is 9.80 Å². The van der Waals surface area contributed by atoms with Gasteiger partial charge in [-0.25, -0.2) is 0 Å². The summed E-state index contributed by atoms with van der Waals surface area (Å²) in [5.41, 5.74) is 1.45. The lowest BCUT2D eigenvalue weighted by atomic mass is 9.85. The predicted molar refractivity (Wildman–Crippen MR) is 95.0 cm³/mol. The lowest BCUT2D eigenvalue weighted by molar-refractivity contribution is -0.130. The molecule has 2 aliphatic heterocycles. The summed E-state index contributed by atoms with van der Waals surface area (Å²) in [7, 11) is 0.